The summed E-state index contributed by atoms with van der Waals surface area (Å²) < 4.78 is 1.91. The van der Waals surface area contributed by atoms with E-state index in [4.69, 9.17) is 5.73 Å². The van der Waals surface area contributed by atoms with Gasteiger partial charge in [-0.05, 0) is 17.7 Å². The Kier molecular flexibility index (Phi) is 3.45. The molecule has 3 aromatic rings. The minimum absolute atomic E-state index is 0. The maximum atomic E-state index is 8.13. The molecule has 0 atom stereocenters. The van der Waals surface area contributed by atoms with E-state index in [1.54, 1.807) is 11.3 Å². The summed E-state index contributed by atoms with van der Waals surface area (Å²) in [5, 5.41) is 0. The highest BCUT2D eigenvalue weighted by Crippen LogP contribution is 2.33. The minimum atomic E-state index is 0. The molecular formula is C13H11BrN2S. The van der Waals surface area contributed by atoms with Crippen molar-refractivity contribution in [3.8, 4) is 10.4 Å². The van der Waals surface area contributed by atoms with Gasteiger partial charge < -0.3 is 0 Å². The van der Waals surface area contributed by atoms with Crippen molar-refractivity contribution in [1.29, 1.82) is 0 Å². The van der Waals surface area contributed by atoms with Gasteiger partial charge in [-0.2, -0.15) is 0 Å². The van der Waals surface area contributed by atoms with Gasteiger partial charge in [0, 0.05) is 6.20 Å². The molecule has 0 bridgehead atoms. The predicted molar refractivity (Wildman–Crippen MR) is 77.2 cm³/mol. The molecule has 0 saturated heterocycles. The zero-order valence-electron chi connectivity index (χ0n) is 8.96. The molecule has 0 spiro atoms. The Morgan fingerprint density at radius 2 is 1.65 bits per heavy atom. The van der Waals surface area contributed by atoms with Crippen molar-refractivity contribution in [3.05, 3.63) is 60.5 Å². The summed E-state index contributed by atoms with van der Waals surface area (Å²) in [4.78, 5) is 2.12. The van der Waals surface area contributed by atoms with Crippen molar-refractivity contribution in [1.82, 2.24) is 0 Å². The maximum absolute atomic E-state index is 8.13. The topological polar surface area (TPSA) is 27.9 Å². The van der Waals surface area contributed by atoms with Gasteiger partial charge in [-0.25, -0.2) is 0 Å². The molecule has 86 valence electrons. The van der Waals surface area contributed by atoms with Crippen LogP contribution in [0.5, 0.6) is 0 Å². The van der Waals surface area contributed by atoms with Gasteiger partial charge in [0.25, 0.3) is 0 Å². The van der Waals surface area contributed by atoms with Crippen LogP contribution in [-0.2, 0) is 0 Å². The summed E-state index contributed by atoms with van der Waals surface area (Å²) in [5.41, 5.74) is 9.24. The molecule has 0 amide bonds. The third-order valence-electron chi connectivity index (χ3n) is 2.52. The minimum Gasteiger partial charge on any atom is -0.292 e. The Morgan fingerprint density at radius 1 is 0.941 bits per heavy atom. The van der Waals surface area contributed by atoms with Crippen molar-refractivity contribution in [3.63, 3.8) is 0 Å². The normalized spacial score (nSPS) is 10.1. The van der Waals surface area contributed by atoms with E-state index in [1.165, 1.54) is 0 Å². The number of rotatable bonds is 1. The summed E-state index contributed by atoms with van der Waals surface area (Å²) in [7, 11) is 0. The summed E-state index contributed by atoms with van der Waals surface area (Å²) in [6.45, 7) is 0. The van der Waals surface area contributed by atoms with Gasteiger partial charge in [-0.3, -0.25) is 10.1 Å². The van der Waals surface area contributed by atoms with E-state index in [0.717, 1.165) is 15.3 Å². The first kappa shape index (κ1) is 12.1. The molecule has 17 heavy (non-hydrogen) atoms. The Morgan fingerprint density at radius 3 is 2.35 bits per heavy atom. The first-order valence-corrected chi connectivity index (χ1v) is 5.88. The first-order valence-electron chi connectivity index (χ1n) is 5.06. The van der Waals surface area contributed by atoms with Crippen LogP contribution in [0.1, 0.15) is 0 Å². The molecule has 0 fully saturated rings. The van der Waals surface area contributed by atoms with Crippen LogP contribution in [0.4, 0.5) is 5.82 Å². The van der Waals surface area contributed by atoms with E-state index in [2.05, 4.69) is 0 Å². The van der Waals surface area contributed by atoms with E-state index in [9.17, 15) is 0 Å². The zero-order chi connectivity index (χ0) is 11.0. The number of fused-ring (bicyclic) bond motifs is 1. The van der Waals surface area contributed by atoms with Crippen molar-refractivity contribution in [2.24, 2.45) is 0 Å². The molecule has 0 radical (unpaired) electrons. The van der Waals surface area contributed by atoms with Crippen molar-refractivity contribution in [2.45, 2.75) is 0 Å². The molecule has 4 heteroatoms. The molecule has 2 heterocycles. The van der Waals surface area contributed by atoms with E-state index in [-0.39, 0.29) is 17.0 Å². The lowest BCUT2D eigenvalue weighted by Gasteiger charge is -1.97. The second kappa shape index (κ2) is 4.85. The van der Waals surface area contributed by atoms with Crippen LogP contribution in [-0.4, -0.2) is 0 Å². The van der Waals surface area contributed by atoms with Gasteiger partial charge >= 0.3 is 0 Å². The Balaban J connectivity index is 0.00000108. The maximum Gasteiger partial charge on any atom is 0.148 e. The van der Waals surface area contributed by atoms with Crippen LogP contribution in [0.15, 0.2) is 54.7 Å². The lowest BCUT2D eigenvalue weighted by molar-refractivity contribution is -0.489. The molecule has 0 saturated carbocycles. The van der Waals surface area contributed by atoms with Gasteiger partial charge in [-0.15, -0.1) is 28.3 Å². The highest BCUT2D eigenvalue weighted by atomic mass is 79.9. The summed E-state index contributed by atoms with van der Waals surface area (Å²) in [6.07, 6.45) is 1.93. The molecule has 0 aliphatic rings. The third-order valence-corrected chi connectivity index (χ3v) is 3.70. The number of hydrogen-bond donors (Lipinski definition) is 0. The lowest BCUT2D eigenvalue weighted by atomic mass is 10.2. The fraction of sp³-hybridized carbons (Fsp3) is 0. The Labute approximate surface area is 114 Å². The molecule has 2 aromatic heterocycles. The van der Waals surface area contributed by atoms with Crippen LogP contribution in [0.25, 0.3) is 21.0 Å². The smallest absolute Gasteiger partial charge is 0.148 e. The molecule has 0 unspecified atom stereocenters. The second-order valence-electron chi connectivity index (χ2n) is 3.55. The average molecular weight is 307 g/mol. The molecule has 3 rings (SSSR count). The van der Waals surface area contributed by atoms with E-state index in [1.807, 2.05) is 59.1 Å². The number of benzene rings is 1. The Bertz CT molecular complexity index is 634. The van der Waals surface area contributed by atoms with Crippen molar-refractivity contribution in [2.75, 3.05) is 0 Å². The number of pyridine rings is 1. The lowest BCUT2D eigenvalue weighted by Crippen LogP contribution is -2.16. The van der Waals surface area contributed by atoms with E-state index < -0.39 is 0 Å². The van der Waals surface area contributed by atoms with Gasteiger partial charge in [0.15, 0.2) is 0 Å². The molecule has 2 nitrogen and oxygen atoms in total. The summed E-state index contributed by atoms with van der Waals surface area (Å²) >= 11 is 1.65. The third kappa shape index (κ3) is 2.06. The monoisotopic (exact) mass is 306 g/mol. The van der Waals surface area contributed by atoms with Gasteiger partial charge in [0.05, 0.1) is 4.88 Å². The number of halogens is 1. The summed E-state index contributed by atoms with van der Waals surface area (Å²) in [5.74, 6) is 0.562. The van der Waals surface area contributed by atoms with E-state index in [0.29, 0.717) is 5.82 Å². The van der Waals surface area contributed by atoms with Gasteiger partial charge in [0.1, 0.15) is 10.6 Å². The Hall–Kier alpha value is -1.39. The van der Waals surface area contributed by atoms with Crippen LogP contribution < -0.4 is 4.40 Å². The number of thiazole rings is 1. The number of hydrogen-bond acceptors (Lipinski definition) is 1. The molecule has 1 N–H and O–H groups in total. The van der Waals surface area contributed by atoms with Crippen LogP contribution in [0, 0.1) is 0 Å². The largest absolute Gasteiger partial charge is 0.292 e. The predicted octanol–water partition coefficient (Wildman–Crippen LogP) is 4.42. The standard InChI is InChI=1S/C13H10N2S.BrH/c14-13-12(10-6-2-1-3-7-10)16-11-8-4-5-9-15(11)13;/h1-9,14H;1H. The van der Waals surface area contributed by atoms with Crippen molar-refractivity contribution < 1.29 is 4.40 Å². The molecule has 1 aromatic carbocycles. The van der Waals surface area contributed by atoms with E-state index >= 15 is 0 Å². The van der Waals surface area contributed by atoms with Gasteiger partial charge in [0.2, 0.25) is 0 Å². The SMILES string of the molecule is Br.[NH-]c1c(-c2ccccc2)sc2cccc[n+]12. The number of nitrogens with zero attached hydrogens (tertiary/aromatic N) is 1. The van der Waals surface area contributed by atoms with Crippen LogP contribution >= 0.6 is 28.3 Å². The fourth-order valence-corrected chi connectivity index (χ4v) is 2.80. The second-order valence-corrected chi connectivity index (χ2v) is 4.59. The molecule has 0 aliphatic heterocycles. The number of nitrogens with one attached hydrogen (secondary N) is 1. The van der Waals surface area contributed by atoms with Gasteiger partial charge in [-0.1, -0.05) is 36.4 Å². The zero-order valence-corrected chi connectivity index (χ0v) is 11.5. The molecular weight excluding hydrogens is 296 g/mol. The molecule has 0 aliphatic carbocycles. The van der Waals surface area contributed by atoms with Crippen molar-refractivity contribution >= 4 is 39.0 Å². The average Bonchev–Trinajstić information content (AvgIpc) is 2.69. The highest BCUT2D eigenvalue weighted by molar-refractivity contribution is 8.93. The fourth-order valence-electron chi connectivity index (χ4n) is 1.74. The quantitative estimate of drug-likeness (QED) is 0.596. The number of aromatic nitrogens is 1. The van der Waals surface area contributed by atoms with Crippen LogP contribution in [0.2, 0.25) is 0 Å². The first-order chi connectivity index (χ1) is 7.86. The summed E-state index contributed by atoms with van der Waals surface area (Å²) in [6, 6.07) is 16.1. The highest BCUT2D eigenvalue weighted by Gasteiger charge is 2.09. The van der Waals surface area contributed by atoms with Crippen LogP contribution in [0.3, 0.4) is 0 Å².